The zero-order chi connectivity index (χ0) is 27.3. The number of ether oxygens (including phenoxy) is 1. The van der Waals surface area contributed by atoms with Gasteiger partial charge in [-0.1, -0.05) is 31.1 Å². The number of halogens is 3. The highest BCUT2D eigenvalue weighted by molar-refractivity contribution is 7.87. The number of carboxylic acid groups (broad SMARTS) is 1. The largest absolute Gasteiger partial charge is 0.525 e. The van der Waals surface area contributed by atoms with Gasteiger partial charge in [-0.3, -0.25) is 19.2 Å². The number of amides is 2. The lowest BCUT2D eigenvalue weighted by Crippen LogP contribution is -2.46. The van der Waals surface area contributed by atoms with Crippen LogP contribution in [0.1, 0.15) is 54.1 Å². The van der Waals surface area contributed by atoms with Gasteiger partial charge in [0.1, 0.15) is 5.60 Å². The van der Waals surface area contributed by atoms with Gasteiger partial charge in [0.05, 0.1) is 23.0 Å². The Kier molecular flexibility index (Phi) is 6.53. The molecule has 1 saturated carbocycles. The molecule has 0 spiro atoms. The van der Waals surface area contributed by atoms with Crippen molar-refractivity contribution in [1.82, 2.24) is 5.06 Å². The number of hydroxylamine groups is 2. The smallest absolute Gasteiger partial charge is 0.481 e. The fourth-order valence-corrected chi connectivity index (χ4v) is 5.02. The van der Waals surface area contributed by atoms with E-state index in [0.29, 0.717) is 12.8 Å². The van der Waals surface area contributed by atoms with Crippen molar-refractivity contribution in [3.63, 3.8) is 0 Å². The molecule has 2 aliphatic carbocycles. The summed E-state index contributed by atoms with van der Waals surface area (Å²) in [6.45, 7) is 1.35. The molecule has 14 heteroatoms. The van der Waals surface area contributed by atoms with E-state index in [1.54, 1.807) is 0 Å². The van der Waals surface area contributed by atoms with Crippen molar-refractivity contribution in [2.45, 2.75) is 43.7 Å². The monoisotopic (exact) mass is 543 g/mol. The predicted molar refractivity (Wildman–Crippen MR) is 118 cm³/mol. The number of benzene rings is 1. The molecule has 4 rings (SSSR count). The highest BCUT2D eigenvalue weighted by Crippen LogP contribution is 2.40. The summed E-state index contributed by atoms with van der Waals surface area (Å²) in [6.07, 6.45) is 5.61. The Bertz CT molecular complexity index is 1370. The van der Waals surface area contributed by atoms with E-state index in [1.807, 2.05) is 0 Å². The second-order valence-electron chi connectivity index (χ2n) is 8.98. The van der Waals surface area contributed by atoms with Crippen molar-refractivity contribution in [2.24, 2.45) is 11.8 Å². The van der Waals surface area contributed by atoms with Gasteiger partial charge >= 0.3 is 27.6 Å². The fraction of sp³-hybridized carbons (Fsp3) is 0.391. The number of nitrogens with zero attached hydrogens (tertiary/aromatic N) is 1. The second kappa shape index (κ2) is 9.10. The normalized spacial score (nSPS) is 25.7. The molecule has 0 saturated heterocycles. The molecule has 1 N–H and O–H groups in total. The van der Waals surface area contributed by atoms with E-state index in [9.17, 15) is 45.9 Å². The number of carboxylic acids is 1. The molecule has 0 bridgehead atoms. The van der Waals surface area contributed by atoms with E-state index >= 15 is 0 Å². The zero-order valence-electron chi connectivity index (χ0n) is 19.1. The van der Waals surface area contributed by atoms with Crippen LogP contribution in [0.25, 0.3) is 11.6 Å². The Balaban J connectivity index is 1.75. The van der Waals surface area contributed by atoms with Crippen LogP contribution in [-0.2, 0) is 33.5 Å². The molecule has 1 heterocycles. The minimum Gasteiger partial charge on any atom is -0.481 e. The number of esters is 1. The number of hydrogen-bond donors (Lipinski definition) is 1. The minimum absolute atomic E-state index is 0.0149. The van der Waals surface area contributed by atoms with Gasteiger partial charge in [0, 0.05) is 5.56 Å². The first kappa shape index (κ1) is 26.5. The van der Waals surface area contributed by atoms with Crippen molar-refractivity contribution >= 4 is 45.5 Å². The Hall–Kier alpha value is -3.52. The molecule has 3 atom stereocenters. The van der Waals surface area contributed by atoms with Gasteiger partial charge in [-0.25, -0.2) is 0 Å². The Morgan fingerprint density at radius 1 is 1.11 bits per heavy atom. The molecule has 1 fully saturated rings. The van der Waals surface area contributed by atoms with Crippen molar-refractivity contribution in [2.75, 3.05) is 0 Å². The maximum Gasteiger partial charge on any atom is 0.525 e. The lowest BCUT2D eigenvalue weighted by atomic mass is 9.79. The van der Waals surface area contributed by atoms with Crippen LogP contribution >= 0.6 is 0 Å². The van der Waals surface area contributed by atoms with Crippen molar-refractivity contribution in [3.05, 3.63) is 47.0 Å². The summed E-state index contributed by atoms with van der Waals surface area (Å²) in [5, 5.41) is 8.99. The number of aliphatic carboxylic acids is 1. The summed E-state index contributed by atoms with van der Waals surface area (Å²) in [5.41, 5.74) is -8.14. The van der Waals surface area contributed by atoms with Gasteiger partial charge in [0.15, 0.2) is 0 Å². The van der Waals surface area contributed by atoms with Crippen molar-refractivity contribution in [3.8, 4) is 0 Å². The van der Waals surface area contributed by atoms with Gasteiger partial charge < -0.3 is 9.84 Å². The summed E-state index contributed by atoms with van der Waals surface area (Å²) >= 11 is 0. The highest BCUT2D eigenvalue weighted by Gasteiger charge is 2.52. The summed E-state index contributed by atoms with van der Waals surface area (Å²) in [7, 11) is -6.37. The molecule has 2 amide bonds. The molecule has 198 valence electrons. The van der Waals surface area contributed by atoms with Crippen LogP contribution in [0.3, 0.4) is 0 Å². The Morgan fingerprint density at radius 3 is 2.38 bits per heavy atom. The van der Waals surface area contributed by atoms with E-state index in [1.165, 1.54) is 37.3 Å². The zero-order valence-corrected chi connectivity index (χ0v) is 20.0. The highest BCUT2D eigenvalue weighted by atomic mass is 32.2. The molecule has 1 aromatic rings. The van der Waals surface area contributed by atoms with Crippen LogP contribution in [0.4, 0.5) is 13.2 Å². The number of carbonyl (C=O) groups is 4. The molecule has 0 aromatic heterocycles. The van der Waals surface area contributed by atoms with Crippen LogP contribution < -0.4 is 0 Å². The number of rotatable bonds is 5. The molecule has 0 radical (unpaired) electrons. The van der Waals surface area contributed by atoms with Gasteiger partial charge in [0.2, 0.25) is 0 Å². The molecule has 10 nitrogen and oxygen atoms in total. The first-order chi connectivity index (χ1) is 17.2. The van der Waals surface area contributed by atoms with Crippen LogP contribution in [0.15, 0.2) is 30.4 Å². The number of alkyl halides is 3. The van der Waals surface area contributed by atoms with Crippen LogP contribution in [0.2, 0.25) is 0 Å². The van der Waals surface area contributed by atoms with Gasteiger partial charge in [-0.15, -0.1) is 9.35 Å². The minimum atomic E-state index is -6.37. The summed E-state index contributed by atoms with van der Waals surface area (Å²) in [4.78, 5) is 50.5. The van der Waals surface area contributed by atoms with E-state index in [-0.39, 0.29) is 29.5 Å². The van der Waals surface area contributed by atoms with E-state index in [0.717, 1.165) is 6.08 Å². The third kappa shape index (κ3) is 4.78. The number of carbonyl (C=O) groups excluding carboxylic acids is 3. The van der Waals surface area contributed by atoms with Gasteiger partial charge in [-0.2, -0.15) is 21.6 Å². The third-order valence-corrected chi connectivity index (χ3v) is 7.30. The average Bonchev–Trinajstić information content (AvgIpc) is 2.97. The lowest BCUT2D eigenvalue weighted by Gasteiger charge is -2.32. The van der Waals surface area contributed by atoms with Crippen LogP contribution in [0, 0.1) is 11.8 Å². The van der Waals surface area contributed by atoms with Gasteiger partial charge in [0.25, 0.3) is 11.8 Å². The SMILES string of the molecule is CC1(OC(=O)C2CCCCC2C(=O)O)C=Cc2cccc3c2C(=C1)C(=O)N(OS(=O)(=O)C(F)(F)F)C3=O. The summed E-state index contributed by atoms with van der Waals surface area (Å²) in [6, 6.07) is 4.01. The molecule has 1 aromatic carbocycles. The first-order valence-electron chi connectivity index (χ1n) is 11.1. The predicted octanol–water partition coefficient (Wildman–Crippen LogP) is 3.05. The van der Waals surface area contributed by atoms with E-state index in [4.69, 9.17) is 4.74 Å². The van der Waals surface area contributed by atoms with Crippen molar-refractivity contribution in [1.29, 1.82) is 0 Å². The van der Waals surface area contributed by atoms with Crippen LogP contribution in [0.5, 0.6) is 0 Å². The summed E-state index contributed by atoms with van der Waals surface area (Å²) < 4.78 is 71.3. The Morgan fingerprint density at radius 2 is 1.76 bits per heavy atom. The third-order valence-electron chi connectivity index (χ3n) is 6.38. The fourth-order valence-electron chi connectivity index (χ4n) is 4.60. The molecule has 3 unspecified atom stereocenters. The molecule has 1 aliphatic heterocycles. The average molecular weight is 543 g/mol. The molecule has 3 aliphatic rings. The maximum atomic E-state index is 13.1. The lowest BCUT2D eigenvalue weighted by molar-refractivity contribution is -0.164. The number of hydrogen-bond acceptors (Lipinski definition) is 8. The molecule has 37 heavy (non-hydrogen) atoms. The standard InChI is InChI=1S/C23H20F3NO9S/c1-22(35-21(32)14-7-3-2-6-13(14)20(30)31)10-9-12-5-4-8-15-17(12)16(11-22)19(29)27(18(15)28)36-37(33,34)23(24,25)26/h4-5,8-11,13-14H,2-3,6-7H2,1H3,(H,30,31). The Labute approximate surface area is 208 Å². The summed E-state index contributed by atoms with van der Waals surface area (Å²) in [5.74, 6) is -6.90. The first-order valence-corrected chi connectivity index (χ1v) is 12.5. The van der Waals surface area contributed by atoms with Crippen molar-refractivity contribution < 1.29 is 54.9 Å². The maximum absolute atomic E-state index is 13.1. The topological polar surface area (TPSA) is 144 Å². The van der Waals surface area contributed by atoms with Crippen LogP contribution in [-0.4, -0.2) is 53.4 Å². The molecular weight excluding hydrogens is 523 g/mol. The second-order valence-corrected chi connectivity index (χ2v) is 10.5. The van der Waals surface area contributed by atoms with E-state index < -0.39 is 67.5 Å². The molecular formula is C23H20F3NO9S. The number of imide groups is 1. The van der Waals surface area contributed by atoms with Gasteiger partial charge in [-0.05, 0) is 43.5 Å². The van der Waals surface area contributed by atoms with E-state index in [2.05, 4.69) is 4.28 Å². The quantitative estimate of drug-likeness (QED) is 0.337.